The Balaban J connectivity index is 1.54. The van der Waals surface area contributed by atoms with Crippen molar-refractivity contribution in [2.24, 2.45) is 5.92 Å². The molecule has 0 aliphatic heterocycles. The number of aryl methyl sites for hydroxylation is 1. The third-order valence-corrected chi connectivity index (χ3v) is 4.02. The molecule has 1 amide bonds. The predicted octanol–water partition coefficient (Wildman–Crippen LogP) is 1.12. The van der Waals surface area contributed by atoms with Gasteiger partial charge in [-0.3, -0.25) is 9.48 Å². The van der Waals surface area contributed by atoms with Crippen LogP contribution < -0.4 is 5.32 Å². The maximum absolute atomic E-state index is 12.0. The molecule has 2 N–H and O–H groups in total. The molecule has 1 aliphatic rings. The normalized spacial score (nSPS) is 21.2. The molecule has 118 valence electrons. The summed E-state index contributed by atoms with van der Waals surface area (Å²) in [5, 5.41) is 20.5. The SMILES string of the molecule is Cc1cnn(Cc2cc(C(=O)NCC3CCCC3O)no2)c1. The fourth-order valence-corrected chi connectivity index (χ4v) is 2.78. The highest BCUT2D eigenvalue weighted by atomic mass is 16.5. The predicted molar refractivity (Wildman–Crippen MR) is 78.3 cm³/mol. The molecular weight excluding hydrogens is 284 g/mol. The number of nitrogens with zero attached hydrogens (tertiary/aromatic N) is 3. The van der Waals surface area contributed by atoms with Crippen molar-refractivity contribution in [3.8, 4) is 0 Å². The monoisotopic (exact) mass is 304 g/mol. The van der Waals surface area contributed by atoms with E-state index in [-0.39, 0.29) is 23.6 Å². The highest BCUT2D eigenvalue weighted by Crippen LogP contribution is 2.24. The topological polar surface area (TPSA) is 93.2 Å². The lowest BCUT2D eigenvalue weighted by Crippen LogP contribution is -2.32. The maximum Gasteiger partial charge on any atom is 0.273 e. The van der Waals surface area contributed by atoms with Crippen LogP contribution in [0.1, 0.15) is 41.1 Å². The Bertz CT molecular complexity index is 649. The van der Waals surface area contributed by atoms with Crippen molar-refractivity contribution in [3.05, 3.63) is 35.5 Å². The van der Waals surface area contributed by atoms with E-state index in [4.69, 9.17) is 4.52 Å². The van der Waals surface area contributed by atoms with Crippen LogP contribution in [0.15, 0.2) is 23.0 Å². The number of nitrogens with one attached hydrogen (secondary N) is 1. The second-order valence-corrected chi connectivity index (χ2v) is 5.86. The highest BCUT2D eigenvalue weighted by molar-refractivity contribution is 5.92. The Kier molecular flexibility index (Phi) is 4.24. The Labute approximate surface area is 128 Å². The zero-order chi connectivity index (χ0) is 15.5. The number of hydrogen-bond donors (Lipinski definition) is 2. The molecule has 2 heterocycles. The number of carbonyl (C=O) groups excluding carboxylic acids is 1. The van der Waals surface area contributed by atoms with Crippen molar-refractivity contribution < 1.29 is 14.4 Å². The van der Waals surface area contributed by atoms with Gasteiger partial charge in [0.05, 0.1) is 12.3 Å². The van der Waals surface area contributed by atoms with Crippen LogP contribution in [-0.4, -0.2) is 38.6 Å². The zero-order valence-electron chi connectivity index (χ0n) is 12.5. The third-order valence-electron chi connectivity index (χ3n) is 4.02. The van der Waals surface area contributed by atoms with Crippen molar-refractivity contribution in [1.82, 2.24) is 20.3 Å². The van der Waals surface area contributed by atoms with Gasteiger partial charge in [-0.05, 0) is 25.3 Å². The molecule has 3 rings (SSSR count). The molecule has 0 spiro atoms. The number of aliphatic hydroxyl groups excluding tert-OH is 1. The van der Waals surface area contributed by atoms with E-state index in [1.807, 2.05) is 13.1 Å². The number of aromatic nitrogens is 3. The van der Waals surface area contributed by atoms with Crippen molar-refractivity contribution >= 4 is 5.91 Å². The average Bonchev–Trinajstić information content (AvgIpc) is 3.20. The highest BCUT2D eigenvalue weighted by Gasteiger charge is 2.25. The van der Waals surface area contributed by atoms with Gasteiger partial charge in [0.25, 0.3) is 5.91 Å². The lowest BCUT2D eigenvalue weighted by Gasteiger charge is -2.14. The molecule has 0 aromatic carbocycles. The number of hydrogen-bond acceptors (Lipinski definition) is 5. The average molecular weight is 304 g/mol. The van der Waals surface area contributed by atoms with E-state index in [1.165, 1.54) is 0 Å². The summed E-state index contributed by atoms with van der Waals surface area (Å²) in [5.74, 6) is 0.447. The lowest BCUT2D eigenvalue weighted by molar-refractivity contribution is 0.0908. The Morgan fingerprint density at radius 2 is 2.41 bits per heavy atom. The van der Waals surface area contributed by atoms with Crippen LogP contribution in [0.4, 0.5) is 0 Å². The van der Waals surface area contributed by atoms with E-state index < -0.39 is 0 Å². The van der Waals surface area contributed by atoms with Crippen LogP contribution in [0.2, 0.25) is 0 Å². The van der Waals surface area contributed by atoms with E-state index in [1.54, 1.807) is 16.9 Å². The van der Waals surface area contributed by atoms with Gasteiger partial charge in [-0.15, -0.1) is 0 Å². The van der Waals surface area contributed by atoms with Crippen molar-refractivity contribution in [1.29, 1.82) is 0 Å². The van der Waals surface area contributed by atoms with Crippen molar-refractivity contribution in [2.45, 2.75) is 38.8 Å². The van der Waals surface area contributed by atoms with E-state index in [0.717, 1.165) is 24.8 Å². The molecule has 2 aromatic rings. The van der Waals surface area contributed by atoms with Crippen LogP contribution in [0, 0.1) is 12.8 Å². The smallest absolute Gasteiger partial charge is 0.273 e. The second kappa shape index (κ2) is 6.31. The first-order valence-electron chi connectivity index (χ1n) is 7.53. The molecular formula is C15H20N4O3. The van der Waals surface area contributed by atoms with Gasteiger partial charge >= 0.3 is 0 Å². The van der Waals surface area contributed by atoms with Gasteiger partial charge in [-0.2, -0.15) is 5.10 Å². The molecule has 7 nitrogen and oxygen atoms in total. The van der Waals surface area contributed by atoms with E-state index in [9.17, 15) is 9.90 Å². The summed E-state index contributed by atoms with van der Waals surface area (Å²) in [6.45, 7) is 2.87. The van der Waals surface area contributed by atoms with E-state index in [2.05, 4.69) is 15.6 Å². The van der Waals surface area contributed by atoms with Gasteiger partial charge in [-0.25, -0.2) is 0 Å². The van der Waals surface area contributed by atoms with Gasteiger partial charge < -0.3 is 14.9 Å². The summed E-state index contributed by atoms with van der Waals surface area (Å²) < 4.78 is 6.90. The standard InChI is InChI=1S/C15H20N4O3/c1-10-6-17-19(8-10)9-12-5-13(18-22-12)15(21)16-7-11-3-2-4-14(11)20/h5-6,8,11,14,20H,2-4,7,9H2,1H3,(H,16,21). The molecule has 1 aliphatic carbocycles. The van der Waals surface area contributed by atoms with Crippen LogP contribution in [0.5, 0.6) is 0 Å². The minimum atomic E-state index is -0.309. The van der Waals surface area contributed by atoms with Gasteiger partial charge in [0.15, 0.2) is 11.5 Å². The first kappa shape index (κ1) is 14.8. The minimum absolute atomic E-state index is 0.141. The molecule has 0 radical (unpaired) electrons. The molecule has 22 heavy (non-hydrogen) atoms. The molecule has 2 unspecified atom stereocenters. The Morgan fingerprint density at radius 3 is 3.09 bits per heavy atom. The van der Waals surface area contributed by atoms with E-state index in [0.29, 0.717) is 18.8 Å². The summed E-state index contributed by atoms with van der Waals surface area (Å²) in [6, 6.07) is 1.62. The summed E-state index contributed by atoms with van der Waals surface area (Å²) >= 11 is 0. The third kappa shape index (κ3) is 3.36. The molecule has 1 saturated carbocycles. The lowest BCUT2D eigenvalue weighted by atomic mass is 10.1. The van der Waals surface area contributed by atoms with Crippen LogP contribution in [0.3, 0.4) is 0 Å². The van der Waals surface area contributed by atoms with E-state index >= 15 is 0 Å². The summed E-state index contributed by atoms with van der Waals surface area (Å²) in [5.41, 5.74) is 1.32. The molecule has 7 heteroatoms. The first-order valence-corrected chi connectivity index (χ1v) is 7.53. The minimum Gasteiger partial charge on any atom is -0.393 e. The largest absolute Gasteiger partial charge is 0.393 e. The summed E-state index contributed by atoms with van der Waals surface area (Å²) in [6.07, 6.45) is 6.12. The van der Waals surface area contributed by atoms with Crippen LogP contribution in [-0.2, 0) is 6.54 Å². The van der Waals surface area contributed by atoms with Gasteiger partial charge in [0.2, 0.25) is 0 Å². The van der Waals surface area contributed by atoms with Gasteiger partial charge in [0.1, 0.15) is 6.54 Å². The Morgan fingerprint density at radius 1 is 1.55 bits per heavy atom. The molecule has 2 aromatic heterocycles. The fourth-order valence-electron chi connectivity index (χ4n) is 2.78. The number of amides is 1. The van der Waals surface area contributed by atoms with Crippen molar-refractivity contribution in [3.63, 3.8) is 0 Å². The zero-order valence-corrected chi connectivity index (χ0v) is 12.5. The van der Waals surface area contributed by atoms with Gasteiger partial charge in [0, 0.05) is 24.7 Å². The molecule has 0 bridgehead atoms. The quantitative estimate of drug-likeness (QED) is 0.863. The van der Waals surface area contributed by atoms with Gasteiger partial charge in [-0.1, -0.05) is 11.6 Å². The van der Waals surface area contributed by atoms with Crippen molar-refractivity contribution in [2.75, 3.05) is 6.54 Å². The molecule has 1 fully saturated rings. The molecule has 0 saturated heterocycles. The van der Waals surface area contributed by atoms with Crippen LogP contribution >= 0.6 is 0 Å². The molecule has 2 atom stereocenters. The van der Waals surface area contributed by atoms with Crippen LogP contribution in [0.25, 0.3) is 0 Å². The number of aliphatic hydroxyl groups is 1. The summed E-state index contributed by atoms with van der Waals surface area (Å²) in [4.78, 5) is 12.0. The maximum atomic E-state index is 12.0. The summed E-state index contributed by atoms with van der Waals surface area (Å²) in [7, 11) is 0. The second-order valence-electron chi connectivity index (χ2n) is 5.86. The number of rotatable bonds is 5. The Hall–Kier alpha value is -2.15. The number of carbonyl (C=O) groups is 1. The fraction of sp³-hybridized carbons (Fsp3) is 0.533. The first-order chi connectivity index (χ1) is 10.6.